The van der Waals surface area contributed by atoms with Crippen LogP contribution in [0.1, 0.15) is 13.3 Å². The number of sulfonamides is 1. The molecule has 0 aliphatic carbocycles. The molecule has 184 valence electrons. The van der Waals surface area contributed by atoms with Crippen LogP contribution >= 0.6 is 0 Å². The third kappa shape index (κ3) is 6.64. The molecule has 1 amide bonds. The third-order valence-corrected chi connectivity index (χ3v) is 7.52. The van der Waals surface area contributed by atoms with Crippen molar-refractivity contribution in [3.05, 3.63) is 60.2 Å². The lowest BCUT2D eigenvalue weighted by atomic mass is 10.1. The van der Waals surface area contributed by atoms with Gasteiger partial charge in [-0.1, -0.05) is 30.3 Å². The Morgan fingerprint density at radius 3 is 2.29 bits per heavy atom. The quantitative estimate of drug-likeness (QED) is 0.217. The second kappa shape index (κ2) is 12.1. The smallest absolute Gasteiger partial charge is 0.270 e. The molecule has 0 fully saturated rings. The molecule has 1 aliphatic rings. The van der Waals surface area contributed by atoms with Crippen molar-refractivity contribution in [3.8, 4) is 11.1 Å². The summed E-state index contributed by atoms with van der Waals surface area (Å²) in [5.41, 5.74) is 4.87. The number of carbonyl (C=O) groups is 1. The van der Waals surface area contributed by atoms with Crippen LogP contribution in [0.5, 0.6) is 0 Å². The molecule has 2 aromatic rings. The van der Waals surface area contributed by atoms with Crippen molar-refractivity contribution < 1.29 is 23.2 Å². The highest BCUT2D eigenvalue weighted by molar-refractivity contribution is 7.89. The SMILES string of the molecule is COCC(C)NCCNc1ccc(-c2ccc(S(=O)(=O)N3CC=C(C(=O)NO)CC3)cc2)cc1. The van der Waals surface area contributed by atoms with Gasteiger partial charge in [0.25, 0.3) is 5.91 Å². The topological polar surface area (TPSA) is 120 Å². The van der Waals surface area contributed by atoms with Crippen LogP contribution in [0.2, 0.25) is 0 Å². The number of nitrogens with zero attached hydrogens (tertiary/aromatic N) is 1. The van der Waals surface area contributed by atoms with E-state index in [1.54, 1.807) is 36.9 Å². The lowest BCUT2D eigenvalue weighted by Crippen LogP contribution is -2.37. The summed E-state index contributed by atoms with van der Waals surface area (Å²) in [5.74, 6) is -0.601. The van der Waals surface area contributed by atoms with E-state index in [9.17, 15) is 13.2 Å². The number of rotatable bonds is 11. The van der Waals surface area contributed by atoms with E-state index < -0.39 is 15.9 Å². The Bertz CT molecular complexity index is 1090. The van der Waals surface area contributed by atoms with Crippen LogP contribution in [0.4, 0.5) is 5.69 Å². The molecule has 1 aliphatic heterocycles. The Morgan fingerprint density at radius 1 is 1.09 bits per heavy atom. The van der Waals surface area contributed by atoms with Gasteiger partial charge in [-0.3, -0.25) is 10.0 Å². The molecule has 4 N–H and O–H groups in total. The molecule has 9 nitrogen and oxygen atoms in total. The van der Waals surface area contributed by atoms with Crippen LogP contribution in [-0.4, -0.2) is 69.8 Å². The van der Waals surface area contributed by atoms with Crippen LogP contribution in [0, 0.1) is 0 Å². The number of amides is 1. The van der Waals surface area contributed by atoms with E-state index in [-0.39, 0.29) is 24.4 Å². The molecule has 0 spiro atoms. The average molecular weight is 489 g/mol. The second-order valence-electron chi connectivity index (χ2n) is 8.12. The van der Waals surface area contributed by atoms with Crippen LogP contribution in [0.15, 0.2) is 65.1 Å². The molecule has 10 heteroatoms. The summed E-state index contributed by atoms with van der Waals surface area (Å²) in [5, 5.41) is 15.5. The van der Waals surface area contributed by atoms with Gasteiger partial charge in [-0.05, 0) is 48.7 Å². The normalized spacial score (nSPS) is 15.4. The number of anilines is 1. The molecule has 0 aromatic heterocycles. The van der Waals surface area contributed by atoms with Crippen molar-refractivity contribution >= 4 is 21.6 Å². The van der Waals surface area contributed by atoms with Crippen molar-refractivity contribution in [3.63, 3.8) is 0 Å². The maximum atomic E-state index is 13.0. The van der Waals surface area contributed by atoms with E-state index in [0.29, 0.717) is 18.2 Å². The van der Waals surface area contributed by atoms with Crippen LogP contribution in [0.25, 0.3) is 11.1 Å². The first-order valence-electron chi connectivity index (χ1n) is 11.2. The first-order valence-corrected chi connectivity index (χ1v) is 12.6. The summed E-state index contributed by atoms with van der Waals surface area (Å²) < 4.78 is 32.3. The predicted octanol–water partition coefficient (Wildman–Crippen LogP) is 2.22. The maximum Gasteiger partial charge on any atom is 0.270 e. The monoisotopic (exact) mass is 488 g/mol. The summed E-state index contributed by atoms with van der Waals surface area (Å²) in [4.78, 5) is 11.7. The van der Waals surface area contributed by atoms with E-state index >= 15 is 0 Å². The van der Waals surface area contributed by atoms with Crippen molar-refractivity contribution in [2.24, 2.45) is 0 Å². The number of methoxy groups -OCH3 is 1. The van der Waals surface area contributed by atoms with E-state index in [1.165, 1.54) is 10.4 Å². The van der Waals surface area contributed by atoms with E-state index in [2.05, 4.69) is 17.6 Å². The third-order valence-electron chi connectivity index (χ3n) is 5.64. The fourth-order valence-electron chi connectivity index (χ4n) is 3.73. The molecule has 1 unspecified atom stereocenters. The van der Waals surface area contributed by atoms with Gasteiger partial charge in [-0.2, -0.15) is 4.31 Å². The zero-order valence-electron chi connectivity index (χ0n) is 19.5. The highest BCUT2D eigenvalue weighted by Crippen LogP contribution is 2.25. The fourth-order valence-corrected chi connectivity index (χ4v) is 5.11. The summed E-state index contributed by atoms with van der Waals surface area (Å²) in [7, 11) is -1.99. The molecular formula is C24H32N4O5S. The number of hydrogen-bond acceptors (Lipinski definition) is 7. The molecule has 0 radical (unpaired) electrons. The first kappa shape index (κ1) is 25.9. The molecule has 1 heterocycles. The number of carbonyl (C=O) groups excluding carboxylic acids is 1. The van der Waals surface area contributed by atoms with Crippen molar-refractivity contribution in [1.29, 1.82) is 0 Å². The van der Waals surface area contributed by atoms with E-state index in [0.717, 1.165) is 29.9 Å². The standard InChI is InChI=1S/C24H32N4O5S/c1-18(17-33-2)25-13-14-26-22-7-3-19(4-8-22)20-5-9-23(10-6-20)34(31,32)28-15-11-21(12-16-28)24(29)27-30/h3-11,18,25-26,30H,12-17H2,1-2H3,(H,27,29). The summed E-state index contributed by atoms with van der Waals surface area (Å²) >= 11 is 0. The average Bonchev–Trinajstić information content (AvgIpc) is 2.87. The lowest BCUT2D eigenvalue weighted by molar-refractivity contribution is -0.125. The van der Waals surface area contributed by atoms with Crippen LogP contribution < -0.4 is 16.1 Å². The summed E-state index contributed by atoms with van der Waals surface area (Å²) in [6.07, 6.45) is 1.76. The van der Waals surface area contributed by atoms with Crippen molar-refractivity contribution in [2.75, 3.05) is 45.2 Å². The van der Waals surface area contributed by atoms with Gasteiger partial charge in [-0.15, -0.1) is 0 Å². The Hall–Kier alpha value is -2.76. The van der Waals surface area contributed by atoms with Gasteiger partial charge < -0.3 is 15.4 Å². The Morgan fingerprint density at radius 2 is 1.74 bits per heavy atom. The molecule has 0 saturated heterocycles. The van der Waals surface area contributed by atoms with Gasteiger partial charge in [0.1, 0.15) is 0 Å². The maximum absolute atomic E-state index is 13.0. The van der Waals surface area contributed by atoms with Crippen LogP contribution in [0.3, 0.4) is 0 Å². The number of benzene rings is 2. The Labute approximate surface area is 200 Å². The zero-order valence-corrected chi connectivity index (χ0v) is 20.3. The number of nitrogens with one attached hydrogen (secondary N) is 3. The highest BCUT2D eigenvalue weighted by Gasteiger charge is 2.27. The zero-order chi connectivity index (χ0) is 24.6. The first-order chi connectivity index (χ1) is 16.3. The van der Waals surface area contributed by atoms with Crippen molar-refractivity contribution in [1.82, 2.24) is 15.1 Å². The molecule has 0 bridgehead atoms. The number of hydroxylamine groups is 1. The van der Waals surface area contributed by atoms with Gasteiger partial charge in [0.05, 0.1) is 11.5 Å². The minimum atomic E-state index is -3.68. The molecule has 1 atom stereocenters. The van der Waals surface area contributed by atoms with Gasteiger partial charge in [-0.25, -0.2) is 13.9 Å². The Kier molecular flexibility index (Phi) is 9.20. The largest absolute Gasteiger partial charge is 0.384 e. The summed E-state index contributed by atoms with van der Waals surface area (Å²) in [6, 6.07) is 15.1. The molecule has 34 heavy (non-hydrogen) atoms. The molecular weight excluding hydrogens is 456 g/mol. The highest BCUT2D eigenvalue weighted by atomic mass is 32.2. The second-order valence-corrected chi connectivity index (χ2v) is 10.1. The number of ether oxygens (including phenoxy) is 1. The fraction of sp³-hybridized carbons (Fsp3) is 0.375. The van der Waals surface area contributed by atoms with Gasteiger partial charge in [0.2, 0.25) is 10.0 Å². The molecule has 0 saturated carbocycles. The van der Waals surface area contributed by atoms with E-state index in [1.807, 2.05) is 24.3 Å². The van der Waals surface area contributed by atoms with Gasteiger partial charge >= 0.3 is 0 Å². The van der Waals surface area contributed by atoms with E-state index in [4.69, 9.17) is 9.94 Å². The number of hydrogen-bond donors (Lipinski definition) is 4. The Balaban J connectivity index is 1.58. The van der Waals surface area contributed by atoms with Gasteiger partial charge in [0.15, 0.2) is 0 Å². The lowest BCUT2D eigenvalue weighted by Gasteiger charge is -2.25. The van der Waals surface area contributed by atoms with Crippen molar-refractivity contribution in [2.45, 2.75) is 24.3 Å². The minimum absolute atomic E-state index is 0.0854. The van der Waals surface area contributed by atoms with Gasteiger partial charge in [0, 0.05) is 50.6 Å². The summed E-state index contributed by atoms with van der Waals surface area (Å²) in [6.45, 7) is 4.63. The molecule has 2 aromatic carbocycles. The predicted molar refractivity (Wildman–Crippen MR) is 131 cm³/mol. The van der Waals surface area contributed by atoms with Crippen LogP contribution in [-0.2, 0) is 19.6 Å². The minimum Gasteiger partial charge on any atom is -0.384 e. The molecule has 3 rings (SSSR count).